The predicted octanol–water partition coefficient (Wildman–Crippen LogP) is 0.310. The van der Waals surface area contributed by atoms with Gasteiger partial charge >= 0.3 is 0 Å². The lowest BCUT2D eigenvalue weighted by Gasteiger charge is -2.07. The van der Waals surface area contributed by atoms with Crippen molar-refractivity contribution < 1.29 is 9.72 Å². The molecular formula is C9H9ClN8O3. The number of amides is 1. The third-order valence-electron chi connectivity index (χ3n) is 2.41. The summed E-state index contributed by atoms with van der Waals surface area (Å²) in [4.78, 5) is 23.4. The molecule has 0 aliphatic carbocycles. The largest absolute Gasteiger partial charge is 0.317 e. The highest BCUT2D eigenvalue weighted by Gasteiger charge is 2.21. The number of tetrazole rings is 1. The first-order chi connectivity index (χ1) is 9.92. The number of nitrogens with two attached hydrogens (primary N) is 1. The van der Waals surface area contributed by atoms with Gasteiger partial charge in [-0.2, -0.15) is 4.80 Å². The molecule has 21 heavy (non-hydrogen) atoms. The van der Waals surface area contributed by atoms with Crippen molar-refractivity contribution in [3.63, 3.8) is 0 Å². The van der Waals surface area contributed by atoms with E-state index in [9.17, 15) is 14.9 Å². The lowest BCUT2D eigenvalue weighted by Crippen LogP contribution is -2.15. The molecule has 1 amide bonds. The number of hydrazine groups is 1. The lowest BCUT2D eigenvalue weighted by molar-refractivity contribution is -0.384. The molecule has 0 unspecified atom stereocenters. The summed E-state index contributed by atoms with van der Waals surface area (Å²) in [6, 6.07) is 2.27. The topological polar surface area (TPSA) is 154 Å². The van der Waals surface area contributed by atoms with Crippen LogP contribution in [0.15, 0.2) is 12.1 Å². The number of aromatic nitrogens is 4. The number of benzene rings is 1. The second kappa shape index (κ2) is 5.68. The maximum absolute atomic E-state index is 12.0. The molecule has 2 aromatic rings. The van der Waals surface area contributed by atoms with Gasteiger partial charge in [0.1, 0.15) is 5.69 Å². The number of nitrogens with one attached hydrogen (secondary N) is 2. The number of rotatable bonds is 4. The van der Waals surface area contributed by atoms with Gasteiger partial charge in [0.25, 0.3) is 17.5 Å². The standard InChI is InChI=1S/C9H9ClN8O3/c1-17-15-9(14-16-17)12-8(19)4-2-5(10)7(13-11)6(3-4)18(20)21/h2-3,13H,11H2,1H3,(H,12,15,19). The van der Waals surface area contributed by atoms with Crippen molar-refractivity contribution in [3.05, 3.63) is 32.8 Å². The quantitative estimate of drug-likeness (QED) is 0.414. The molecular weight excluding hydrogens is 304 g/mol. The van der Waals surface area contributed by atoms with Gasteiger partial charge in [-0.15, -0.1) is 5.10 Å². The molecule has 12 heteroatoms. The van der Waals surface area contributed by atoms with Crippen molar-refractivity contribution in [3.8, 4) is 0 Å². The van der Waals surface area contributed by atoms with E-state index in [1.165, 1.54) is 13.1 Å². The van der Waals surface area contributed by atoms with Gasteiger partial charge < -0.3 is 5.43 Å². The number of carbonyl (C=O) groups excluding carboxylic acids is 1. The van der Waals surface area contributed by atoms with Crippen molar-refractivity contribution in [1.29, 1.82) is 0 Å². The van der Waals surface area contributed by atoms with Crippen molar-refractivity contribution in [2.45, 2.75) is 0 Å². The van der Waals surface area contributed by atoms with Crippen LogP contribution in [-0.4, -0.2) is 31.0 Å². The summed E-state index contributed by atoms with van der Waals surface area (Å²) in [6.45, 7) is 0. The van der Waals surface area contributed by atoms with Crippen molar-refractivity contribution in [2.75, 3.05) is 10.7 Å². The van der Waals surface area contributed by atoms with Crippen LogP contribution in [0.3, 0.4) is 0 Å². The molecule has 0 aliphatic heterocycles. The smallest absolute Gasteiger partial charge is 0.295 e. The normalized spacial score (nSPS) is 10.2. The fourth-order valence-electron chi connectivity index (χ4n) is 1.52. The Labute approximate surface area is 122 Å². The Morgan fingerprint density at radius 3 is 2.76 bits per heavy atom. The number of nitrogen functional groups attached to an aromatic ring is 1. The second-order valence-electron chi connectivity index (χ2n) is 3.81. The SMILES string of the molecule is Cn1nnc(NC(=O)c2cc(Cl)c(NN)c([N+](=O)[O-])c2)n1. The summed E-state index contributed by atoms with van der Waals surface area (Å²) in [5, 5.41) is 24.1. The highest BCUT2D eigenvalue weighted by atomic mass is 35.5. The van der Waals surface area contributed by atoms with Gasteiger partial charge in [-0.05, 0) is 11.3 Å². The van der Waals surface area contributed by atoms with Crippen LogP contribution in [-0.2, 0) is 7.05 Å². The minimum absolute atomic E-state index is 0.0395. The van der Waals surface area contributed by atoms with Crippen molar-refractivity contribution >= 4 is 34.8 Å². The molecule has 4 N–H and O–H groups in total. The van der Waals surface area contributed by atoms with E-state index in [0.29, 0.717) is 0 Å². The molecule has 1 aromatic carbocycles. The summed E-state index contributed by atoms with van der Waals surface area (Å²) < 4.78 is 0. The van der Waals surface area contributed by atoms with Crippen LogP contribution in [0.25, 0.3) is 0 Å². The van der Waals surface area contributed by atoms with Crippen LogP contribution in [0, 0.1) is 10.1 Å². The molecule has 0 bridgehead atoms. The number of carbonyl (C=O) groups is 1. The molecule has 0 saturated heterocycles. The van der Waals surface area contributed by atoms with E-state index >= 15 is 0 Å². The average molecular weight is 313 g/mol. The number of halogens is 1. The molecule has 0 saturated carbocycles. The van der Waals surface area contributed by atoms with Gasteiger partial charge in [-0.1, -0.05) is 16.7 Å². The van der Waals surface area contributed by atoms with E-state index in [-0.39, 0.29) is 22.2 Å². The highest BCUT2D eigenvalue weighted by molar-refractivity contribution is 6.34. The van der Waals surface area contributed by atoms with Gasteiger partial charge in [0.05, 0.1) is 17.0 Å². The Morgan fingerprint density at radius 1 is 1.52 bits per heavy atom. The number of nitro benzene ring substituents is 1. The number of anilines is 2. The van der Waals surface area contributed by atoms with Crippen LogP contribution >= 0.6 is 11.6 Å². The van der Waals surface area contributed by atoms with Gasteiger partial charge in [0.15, 0.2) is 0 Å². The predicted molar refractivity (Wildman–Crippen MR) is 72.7 cm³/mol. The first kappa shape index (κ1) is 14.6. The monoisotopic (exact) mass is 312 g/mol. The molecule has 1 aromatic heterocycles. The van der Waals surface area contributed by atoms with Gasteiger partial charge in [-0.3, -0.25) is 26.1 Å². The summed E-state index contributed by atoms with van der Waals surface area (Å²) in [6.07, 6.45) is 0. The molecule has 2 rings (SSSR count). The minimum Gasteiger partial charge on any atom is -0.317 e. The Bertz CT molecular complexity index is 715. The van der Waals surface area contributed by atoms with Crippen LogP contribution in [0.4, 0.5) is 17.3 Å². The Hall–Kier alpha value is -2.79. The number of nitrogens with zero attached hydrogens (tertiary/aromatic N) is 5. The fourth-order valence-corrected chi connectivity index (χ4v) is 1.79. The lowest BCUT2D eigenvalue weighted by atomic mass is 10.1. The van der Waals surface area contributed by atoms with Gasteiger partial charge in [0, 0.05) is 11.6 Å². The van der Waals surface area contributed by atoms with E-state index < -0.39 is 16.5 Å². The van der Waals surface area contributed by atoms with E-state index in [0.717, 1.165) is 10.9 Å². The summed E-state index contributed by atoms with van der Waals surface area (Å²) in [7, 11) is 1.52. The van der Waals surface area contributed by atoms with Crippen LogP contribution in [0.5, 0.6) is 0 Å². The number of nitro groups is 1. The van der Waals surface area contributed by atoms with E-state index in [1.54, 1.807) is 0 Å². The average Bonchev–Trinajstić information content (AvgIpc) is 2.82. The van der Waals surface area contributed by atoms with Crippen LogP contribution in [0.2, 0.25) is 5.02 Å². The zero-order valence-corrected chi connectivity index (χ0v) is 11.3. The molecule has 0 spiro atoms. The summed E-state index contributed by atoms with van der Waals surface area (Å²) in [5.74, 6) is 4.46. The first-order valence-corrected chi connectivity index (χ1v) is 5.80. The maximum atomic E-state index is 12.0. The van der Waals surface area contributed by atoms with Crippen molar-refractivity contribution in [2.24, 2.45) is 12.9 Å². The third-order valence-corrected chi connectivity index (χ3v) is 2.70. The Balaban J connectivity index is 2.35. The van der Waals surface area contributed by atoms with Gasteiger partial charge in [0.2, 0.25) is 0 Å². The summed E-state index contributed by atoms with van der Waals surface area (Å²) in [5.41, 5.74) is 1.56. The van der Waals surface area contributed by atoms with Crippen LogP contribution < -0.4 is 16.6 Å². The number of hydrogen-bond acceptors (Lipinski definition) is 8. The minimum atomic E-state index is -0.710. The van der Waals surface area contributed by atoms with E-state index in [2.05, 4.69) is 26.2 Å². The third kappa shape index (κ3) is 3.04. The molecule has 110 valence electrons. The zero-order valence-electron chi connectivity index (χ0n) is 10.6. The Morgan fingerprint density at radius 2 is 2.24 bits per heavy atom. The zero-order chi connectivity index (χ0) is 15.6. The molecule has 0 aliphatic rings. The fraction of sp³-hybridized carbons (Fsp3) is 0.111. The number of hydrogen-bond donors (Lipinski definition) is 3. The Kier molecular flexibility index (Phi) is 3.95. The summed E-state index contributed by atoms with van der Waals surface area (Å²) >= 11 is 5.86. The van der Waals surface area contributed by atoms with E-state index in [4.69, 9.17) is 17.4 Å². The highest BCUT2D eigenvalue weighted by Crippen LogP contribution is 2.33. The molecule has 0 radical (unpaired) electrons. The van der Waals surface area contributed by atoms with Gasteiger partial charge in [-0.25, -0.2) is 0 Å². The first-order valence-electron chi connectivity index (χ1n) is 5.42. The number of aryl methyl sites for hydroxylation is 1. The molecule has 1 heterocycles. The molecule has 0 atom stereocenters. The second-order valence-corrected chi connectivity index (χ2v) is 4.22. The van der Waals surface area contributed by atoms with Crippen molar-refractivity contribution in [1.82, 2.24) is 20.2 Å². The molecule has 11 nitrogen and oxygen atoms in total. The maximum Gasteiger partial charge on any atom is 0.295 e. The van der Waals surface area contributed by atoms with E-state index in [1.807, 2.05) is 0 Å². The van der Waals surface area contributed by atoms with Crippen LogP contribution in [0.1, 0.15) is 10.4 Å². The molecule has 0 fully saturated rings.